The summed E-state index contributed by atoms with van der Waals surface area (Å²) in [6.07, 6.45) is 4.36. The van der Waals surface area contributed by atoms with Gasteiger partial charge in [-0.05, 0) is 44.7 Å². The molecule has 0 bridgehead atoms. The molecule has 2 fully saturated rings. The van der Waals surface area contributed by atoms with Crippen molar-refractivity contribution in [3.63, 3.8) is 0 Å². The van der Waals surface area contributed by atoms with Crippen LogP contribution in [0, 0.1) is 5.92 Å². The van der Waals surface area contributed by atoms with E-state index in [1.54, 1.807) is 7.11 Å². The summed E-state index contributed by atoms with van der Waals surface area (Å²) in [6.45, 7) is 4.26. The van der Waals surface area contributed by atoms with Gasteiger partial charge in [-0.15, -0.1) is 0 Å². The maximum Gasteiger partial charge on any atom is 0.229 e. The number of hydrogen-bond acceptors (Lipinski definition) is 5. The number of aromatic nitrogens is 2. The number of hydrogen-bond donors (Lipinski definition) is 1. The fourth-order valence-corrected chi connectivity index (χ4v) is 2.94. The highest BCUT2D eigenvalue weighted by Crippen LogP contribution is 2.40. The Labute approximate surface area is 107 Å². The summed E-state index contributed by atoms with van der Waals surface area (Å²) in [4.78, 5) is 4.61. The Kier molecular flexibility index (Phi) is 3.11. The summed E-state index contributed by atoms with van der Waals surface area (Å²) in [5, 5.41) is 7.45. The van der Waals surface area contributed by atoms with Gasteiger partial charge in [-0.1, -0.05) is 12.1 Å². The van der Waals surface area contributed by atoms with Crippen LogP contribution in [0.3, 0.4) is 0 Å². The minimum absolute atomic E-state index is 0.292. The van der Waals surface area contributed by atoms with Crippen LogP contribution < -0.4 is 5.32 Å². The van der Waals surface area contributed by atoms with E-state index in [9.17, 15) is 0 Å². The molecule has 1 atom stereocenters. The van der Waals surface area contributed by atoms with Crippen LogP contribution in [0.5, 0.6) is 0 Å². The molecule has 1 aliphatic heterocycles. The van der Waals surface area contributed by atoms with Gasteiger partial charge in [-0.2, -0.15) is 4.98 Å². The average Bonchev–Trinajstić information content (AvgIpc) is 2.96. The third kappa shape index (κ3) is 1.86. The molecule has 2 aliphatic rings. The Morgan fingerprint density at radius 1 is 1.39 bits per heavy atom. The second-order valence-corrected chi connectivity index (χ2v) is 5.57. The van der Waals surface area contributed by atoms with Crippen LogP contribution in [0.15, 0.2) is 4.52 Å². The Bertz CT molecular complexity index is 408. The molecule has 1 aromatic heterocycles. The second-order valence-electron chi connectivity index (χ2n) is 5.57. The van der Waals surface area contributed by atoms with Crippen molar-refractivity contribution in [1.29, 1.82) is 0 Å². The van der Waals surface area contributed by atoms with E-state index in [1.165, 1.54) is 12.8 Å². The van der Waals surface area contributed by atoms with Crippen LogP contribution in [-0.2, 0) is 10.3 Å². The van der Waals surface area contributed by atoms with Crippen molar-refractivity contribution < 1.29 is 9.26 Å². The molecule has 3 rings (SSSR count). The summed E-state index contributed by atoms with van der Waals surface area (Å²) in [6, 6.07) is 0. The summed E-state index contributed by atoms with van der Waals surface area (Å²) >= 11 is 0. The Balaban J connectivity index is 1.79. The molecule has 2 heterocycles. The van der Waals surface area contributed by atoms with Gasteiger partial charge < -0.3 is 14.6 Å². The number of ether oxygens (including phenoxy) is 1. The molecular weight excluding hydrogens is 230 g/mol. The monoisotopic (exact) mass is 251 g/mol. The van der Waals surface area contributed by atoms with E-state index < -0.39 is 0 Å². The predicted molar refractivity (Wildman–Crippen MR) is 66.2 cm³/mol. The van der Waals surface area contributed by atoms with Gasteiger partial charge in [0.25, 0.3) is 0 Å². The number of rotatable bonds is 4. The first-order valence-electron chi connectivity index (χ1n) is 6.85. The standard InChI is InChI=1S/C13H21N3O2/c1-9(10-7-14-8-10)11-15-12(16-18-11)13(17-2)5-3-4-6-13/h9-10,14H,3-8H2,1-2H3. The van der Waals surface area contributed by atoms with Crippen LogP contribution in [0.2, 0.25) is 0 Å². The van der Waals surface area contributed by atoms with E-state index in [-0.39, 0.29) is 5.60 Å². The van der Waals surface area contributed by atoms with Crippen LogP contribution in [-0.4, -0.2) is 30.3 Å². The van der Waals surface area contributed by atoms with Crippen LogP contribution in [0.25, 0.3) is 0 Å². The summed E-state index contributed by atoms with van der Waals surface area (Å²) in [5.74, 6) is 2.47. The molecule has 5 heteroatoms. The van der Waals surface area contributed by atoms with Crippen molar-refractivity contribution in [3.8, 4) is 0 Å². The summed E-state index contributed by atoms with van der Waals surface area (Å²) in [7, 11) is 1.75. The zero-order valence-corrected chi connectivity index (χ0v) is 11.1. The third-order valence-electron chi connectivity index (χ3n) is 4.56. The quantitative estimate of drug-likeness (QED) is 0.884. The normalized spacial score (nSPS) is 25.0. The first kappa shape index (κ1) is 12.1. The lowest BCUT2D eigenvalue weighted by atomic mass is 9.89. The Morgan fingerprint density at radius 3 is 2.67 bits per heavy atom. The largest absolute Gasteiger partial charge is 0.370 e. The van der Waals surface area contributed by atoms with E-state index in [0.29, 0.717) is 11.8 Å². The van der Waals surface area contributed by atoms with Crippen LogP contribution in [0.4, 0.5) is 0 Å². The molecule has 100 valence electrons. The minimum atomic E-state index is -0.292. The minimum Gasteiger partial charge on any atom is -0.370 e. The molecule has 1 saturated carbocycles. The van der Waals surface area contributed by atoms with Gasteiger partial charge >= 0.3 is 0 Å². The smallest absolute Gasteiger partial charge is 0.229 e. The molecule has 0 amide bonds. The molecule has 1 N–H and O–H groups in total. The average molecular weight is 251 g/mol. The molecule has 1 aromatic rings. The highest BCUT2D eigenvalue weighted by molar-refractivity contribution is 5.07. The molecule has 0 spiro atoms. The van der Waals surface area contributed by atoms with E-state index in [1.807, 2.05) is 0 Å². The molecule has 0 aromatic carbocycles. The van der Waals surface area contributed by atoms with E-state index in [0.717, 1.165) is 37.6 Å². The zero-order chi connectivity index (χ0) is 12.6. The highest BCUT2D eigenvalue weighted by Gasteiger charge is 2.41. The van der Waals surface area contributed by atoms with E-state index in [2.05, 4.69) is 22.4 Å². The van der Waals surface area contributed by atoms with Gasteiger partial charge in [0.05, 0.1) is 0 Å². The first-order valence-corrected chi connectivity index (χ1v) is 6.85. The van der Waals surface area contributed by atoms with Gasteiger partial charge in [0.1, 0.15) is 5.60 Å². The third-order valence-corrected chi connectivity index (χ3v) is 4.56. The molecular formula is C13H21N3O2. The molecule has 1 unspecified atom stereocenters. The van der Waals surface area contributed by atoms with Crippen molar-refractivity contribution in [1.82, 2.24) is 15.5 Å². The fraction of sp³-hybridized carbons (Fsp3) is 0.846. The Morgan fingerprint density at radius 2 is 2.11 bits per heavy atom. The SMILES string of the molecule is COC1(c2noc(C(C)C3CNC3)n2)CCCC1. The van der Waals surface area contributed by atoms with Crippen molar-refractivity contribution >= 4 is 0 Å². The van der Waals surface area contributed by atoms with Crippen molar-refractivity contribution in [3.05, 3.63) is 11.7 Å². The number of methoxy groups -OCH3 is 1. The predicted octanol–water partition coefficient (Wildman–Crippen LogP) is 1.81. The molecule has 1 saturated heterocycles. The molecule has 1 aliphatic carbocycles. The van der Waals surface area contributed by atoms with Crippen molar-refractivity contribution in [2.45, 2.75) is 44.1 Å². The van der Waals surface area contributed by atoms with Gasteiger partial charge in [0, 0.05) is 13.0 Å². The first-order chi connectivity index (χ1) is 8.75. The van der Waals surface area contributed by atoms with E-state index >= 15 is 0 Å². The van der Waals surface area contributed by atoms with E-state index in [4.69, 9.17) is 9.26 Å². The maximum absolute atomic E-state index is 5.68. The zero-order valence-electron chi connectivity index (χ0n) is 11.1. The summed E-state index contributed by atoms with van der Waals surface area (Å²) in [5.41, 5.74) is -0.292. The van der Waals surface area contributed by atoms with Gasteiger partial charge in [0.2, 0.25) is 11.7 Å². The number of nitrogens with zero attached hydrogens (tertiary/aromatic N) is 2. The fourth-order valence-electron chi connectivity index (χ4n) is 2.94. The van der Waals surface area contributed by atoms with Crippen LogP contribution >= 0.6 is 0 Å². The summed E-state index contributed by atoms with van der Waals surface area (Å²) < 4.78 is 11.1. The topological polar surface area (TPSA) is 60.2 Å². The van der Waals surface area contributed by atoms with Crippen molar-refractivity contribution in [2.24, 2.45) is 5.92 Å². The second kappa shape index (κ2) is 4.63. The lowest BCUT2D eigenvalue weighted by Gasteiger charge is -2.30. The van der Waals surface area contributed by atoms with Gasteiger partial charge in [-0.25, -0.2) is 0 Å². The molecule has 5 nitrogen and oxygen atoms in total. The van der Waals surface area contributed by atoms with Gasteiger partial charge in [0.15, 0.2) is 0 Å². The van der Waals surface area contributed by atoms with Crippen molar-refractivity contribution in [2.75, 3.05) is 20.2 Å². The molecule has 0 radical (unpaired) electrons. The maximum atomic E-state index is 5.68. The van der Waals surface area contributed by atoms with Gasteiger partial charge in [-0.3, -0.25) is 0 Å². The highest BCUT2D eigenvalue weighted by atomic mass is 16.5. The lowest BCUT2D eigenvalue weighted by molar-refractivity contribution is -0.0178. The van der Waals surface area contributed by atoms with Crippen LogP contribution in [0.1, 0.15) is 50.2 Å². The molecule has 18 heavy (non-hydrogen) atoms. The number of nitrogens with one attached hydrogen (secondary N) is 1. The lowest BCUT2D eigenvalue weighted by Crippen LogP contribution is -2.44. The Hall–Kier alpha value is -0.940.